The molecule has 0 amide bonds. The van der Waals surface area contributed by atoms with Crippen molar-refractivity contribution >= 4 is 17.4 Å². The molecule has 1 aromatic heterocycles. The van der Waals surface area contributed by atoms with E-state index in [0.717, 1.165) is 5.56 Å². The largest absolute Gasteiger partial charge is 0.490 e. The van der Waals surface area contributed by atoms with Crippen molar-refractivity contribution in [3.63, 3.8) is 0 Å². The number of methoxy groups -OCH3 is 1. The van der Waals surface area contributed by atoms with Crippen molar-refractivity contribution in [3.05, 3.63) is 75.7 Å². The number of hydrogen-bond donors (Lipinski definition) is 0. The lowest BCUT2D eigenvalue weighted by Crippen LogP contribution is -1.98. The summed E-state index contributed by atoms with van der Waals surface area (Å²) in [5.74, 6) is 1.58. The van der Waals surface area contributed by atoms with Crippen LogP contribution in [0.3, 0.4) is 0 Å². The highest BCUT2D eigenvalue weighted by Gasteiger charge is 2.16. The Morgan fingerprint density at radius 2 is 2.00 bits per heavy atom. The number of hydrogen-bond acceptors (Lipinski definition) is 7. The van der Waals surface area contributed by atoms with Gasteiger partial charge < -0.3 is 9.15 Å². The zero-order chi connectivity index (χ0) is 19.2. The van der Waals surface area contributed by atoms with Gasteiger partial charge in [0.25, 0.3) is 5.22 Å². The van der Waals surface area contributed by atoms with Crippen LogP contribution in [0.4, 0.5) is 5.69 Å². The van der Waals surface area contributed by atoms with Gasteiger partial charge in [0.1, 0.15) is 0 Å². The van der Waals surface area contributed by atoms with Crippen LogP contribution in [-0.2, 0) is 12.2 Å². The van der Waals surface area contributed by atoms with Crippen LogP contribution >= 0.6 is 11.8 Å². The summed E-state index contributed by atoms with van der Waals surface area (Å²) in [6.45, 7) is 2.11. The van der Waals surface area contributed by atoms with Crippen LogP contribution in [-0.4, -0.2) is 22.2 Å². The first-order valence-corrected chi connectivity index (χ1v) is 9.37. The third-order valence-electron chi connectivity index (χ3n) is 4.10. The Labute approximate surface area is 160 Å². The standard InChI is InChI=1S/C19H19N3O4S/c1-13(15-6-4-3-5-7-15)10-18-20-21-19(26-18)27-12-14-8-9-17(25-2)16(11-14)22(23)24/h3-9,11,13H,10,12H2,1-2H3. The smallest absolute Gasteiger partial charge is 0.311 e. The lowest BCUT2D eigenvalue weighted by Gasteiger charge is -2.08. The highest BCUT2D eigenvalue weighted by molar-refractivity contribution is 7.98. The van der Waals surface area contributed by atoms with Gasteiger partial charge in [-0.05, 0) is 23.1 Å². The van der Waals surface area contributed by atoms with Crippen LogP contribution in [0.25, 0.3) is 0 Å². The molecular weight excluding hydrogens is 366 g/mol. The van der Waals surface area contributed by atoms with Crippen LogP contribution in [0, 0.1) is 10.1 Å². The van der Waals surface area contributed by atoms with Crippen molar-refractivity contribution in [1.29, 1.82) is 0 Å². The van der Waals surface area contributed by atoms with Crippen LogP contribution in [0.15, 0.2) is 58.2 Å². The molecule has 1 unspecified atom stereocenters. The molecule has 0 aliphatic rings. The van der Waals surface area contributed by atoms with Gasteiger partial charge in [-0.15, -0.1) is 10.2 Å². The van der Waals surface area contributed by atoms with E-state index in [1.165, 1.54) is 30.5 Å². The average molecular weight is 385 g/mol. The number of nitro groups is 1. The second-order valence-corrected chi connectivity index (χ2v) is 6.96. The minimum atomic E-state index is -0.456. The Balaban J connectivity index is 1.61. The van der Waals surface area contributed by atoms with E-state index < -0.39 is 4.92 Å². The molecule has 0 aliphatic carbocycles. The van der Waals surface area contributed by atoms with Crippen LogP contribution in [0.1, 0.15) is 29.9 Å². The SMILES string of the molecule is COc1ccc(CSc2nnc(CC(C)c3ccccc3)o2)cc1[N+](=O)[O-]. The van der Waals surface area contributed by atoms with Gasteiger partial charge in [0, 0.05) is 18.2 Å². The van der Waals surface area contributed by atoms with Gasteiger partial charge in [-0.3, -0.25) is 10.1 Å². The summed E-state index contributed by atoms with van der Waals surface area (Å²) in [6, 6.07) is 15.0. The van der Waals surface area contributed by atoms with Crippen molar-refractivity contribution < 1.29 is 14.1 Å². The van der Waals surface area contributed by atoms with Gasteiger partial charge in [-0.25, -0.2) is 0 Å². The summed E-state index contributed by atoms with van der Waals surface area (Å²) >= 11 is 1.35. The third kappa shape index (κ3) is 4.85. The van der Waals surface area contributed by atoms with E-state index in [4.69, 9.17) is 9.15 Å². The fourth-order valence-corrected chi connectivity index (χ4v) is 3.38. The zero-order valence-electron chi connectivity index (χ0n) is 15.0. The quantitative estimate of drug-likeness (QED) is 0.317. The Bertz CT molecular complexity index is 914. The van der Waals surface area contributed by atoms with Crippen molar-refractivity contribution in [2.24, 2.45) is 0 Å². The van der Waals surface area contributed by atoms with Gasteiger partial charge >= 0.3 is 5.69 Å². The van der Waals surface area contributed by atoms with Gasteiger partial charge in [0.15, 0.2) is 5.75 Å². The van der Waals surface area contributed by atoms with Crippen molar-refractivity contribution in [2.75, 3.05) is 7.11 Å². The van der Waals surface area contributed by atoms with Gasteiger partial charge in [0.05, 0.1) is 12.0 Å². The lowest BCUT2D eigenvalue weighted by molar-refractivity contribution is -0.385. The maximum atomic E-state index is 11.1. The third-order valence-corrected chi connectivity index (χ3v) is 4.99. The van der Waals surface area contributed by atoms with Crippen LogP contribution in [0.5, 0.6) is 5.75 Å². The molecule has 3 aromatic rings. The molecule has 0 fully saturated rings. The van der Waals surface area contributed by atoms with E-state index in [1.807, 2.05) is 18.2 Å². The number of thioether (sulfide) groups is 1. The van der Waals surface area contributed by atoms with Crippen LogP contribution in [0.2, 0.25) is 0 Å². The second-order valence-electron chi connectivity index (χ2n) is 6.03. The summed E-state index contributed by atoms with van der Waals surface area (Å²) in [6.07, 6.45) is 0.658. The summed E-state index contributed by atoms with van der Waals surface area (Å²) in [7, 11) is 1.41. The Morgan fingerprint density at radius 1 is 1.22 bits per heavy atom. The molecule has 3 rings (SSSR count). The Morgan fingerprint density at radius 3 is 2.70 bits per heavy atom. The Hall–Kier alpha value is -2.87. The first-order valence-electron chi connectivity index (χ1n) is 8.38. The number of nitro benzene ring substituents is 1. The molecule has 1 atom stereocenters. The normalized spacial score (nSPS) is 11.9. The van der Waals surface area contributed by atoms with Crippen molar-refractivity contribution in [2.45, 2.75) is 30.2 Å². The van der Waals surface area contributed by atoms with Crippen LogP contribution < -0.4 is 4.74 Å². The fraction of sp³-hybridized carbons (Fsp3) is 0.263. The van der Waals surface area contributed by atoms with E-state index >= 15 is 0 Å². The molecule has 8 heteroatoms. The highest BCUT2D eigenvalue weighted by Crippen LogP contribution is 2.30. The van der Waals surface area contributed by atoms with E-state index in [-0.39, 0.29) is 17.4 Å². The first kappa shape index (κ1) is 18.9. The summed E-state index contributed by atoms with van der Waals surface area (Å²) in [5.41, 5.74) is 1.94. The molecule has 0 saturated heterocycles. The number of ether oxygens (including phenoxy) is 1. The number of benzene rings is 2. The van der Waals surface area contributed by atoms with E-state index in [2.05, 4.69) is 29.3 Å². The van der Waals surface area contributed by atoms with E-state index in [1.54, 1.807) is 12.1 Å². The molecule has 0 aliphatic heterocycles. The minimum Gasteiger partial charge on any atom is -0.490 e. The number of aromatic nitrogens is 2. The van der Waals surface area contributed by atoms with E-state index in [0.29, 0.717) is 23.3 Å². The summed E-state index contributed by atoms with van der Waals surface area (Å²) < 4.78 is 10.7. The zero-order valence-corrected chi connectivity index (χ0v) is 15.8. The topological polar surface area (TPSA) is 91.3 Å². The van der Waals surface area contributed by atoms with E-state index in [9.17, 15) is 10.1 Å². The molecule has 0 spiro atoms. The summed E-state index contributed by atoms with van der Waals surface area (Å²) in [4.78, 5) is 10.7. The highest BCUT2D eigenvalue weighted by atomic mass is 32.2. The molecule has 27 heavy (non-hydrogen) atoms. The predicted molar refractivity (Wildman–Crippen MR) is 102 cm³/mol. The number of rotatable bonds is 8. The molecule has 2 aromatic carbocycles. The molecule has 0 radical (unpaired) electrons. The second kappa shape index (κ2) is 8.68. The van der Waals surface area contributed by atoms with Gasteiger partial charge in [-0.1, -0.05) is 55.1 Å². The van der Waals surface area contributed by atoms with Gasteiger partial charge in [-0.2, -0.15) is 0 Å². The maximum Gasteiger partial charge on any atom is 0.311 e. The minimum absolute atomic E-state index is 0.0569. The molecule has 0 saturated carbocycles. The average Bonchev–Trinajstić information content (AvgIpc) is 3.14. The fourth-order valence-electron chi connectivity index (χ4n) is 2.65. The molecule has 0 N–H and O–H groups in total. The van der Waals surface area contributed by atoms with Gasteiger partial charge in [0.2, 0.25) is 5.89 Å². The molecule has 140 valence electrons. The molecular formula is C19H19N3O4S. The molecule has 1 heterocycles. The molecule has 0 bridgehead atoms. The monoisotopic (exact) mass is 385 g/mol. The predicted octanol–water partition coefficient (Wildman–Crippen LogP) is 4.62. The van der Waals surface area contributed by atoms with Crippen molar-refractivity contribution in [3.8, 4) is 5.75 Å². The Kier molecular flexibility index (Phi) is 6.08. The maximum absolute atomic E-state index is 11.1. The molecule has 7 nitrogen and oxygen atoms in total. The lowest BCUT2D eigenvalue weighted by atomic mass is 9.98. The van der Waals surface area contributed by atoms with Crippen molar-refractivity contribution in [1.82, 2.24) is 10.2 Å². The summed E-state index contributed by atoms with van der Waals surface area (Å²) in [5, 5.41) is 19.7. The number of nitrogens with zero attached hydrogens (tertiary/aromatic N) is 3. The first-order chi connectivity index (χ1) is 13.1.